The number of amides is 2. The Labute approximate surface area is 406 Å². The summed E-state index contributed by atoms with van der Waals surface area (Å²) in [4.78, 5) is 68.1. The lowest BCUT2D eigenvalue weighted by molar-refractivity contribution is -0.133. The van der Waals surface area contributed by atoms with Gasteiger partial charge in [-0.05, 0) is 62.2 Å². The first-order valence-electron chi connectivity index (χ1n) is 22.4. The molecule has 2 aromatic carbocycles. The molecular weight excluding hydrogens is 921 g/mol. The van der Waals surface area contributed by atoms with Crippen molar-refractivity contribution in [3.63, 3.8) is 0 Å². The third-order valence-electron chi connectivity index (χ3n) is 10.7. The van der Waals surface area contributed by atoms with Crippen LogP contribution in [-0.4, -0.2) is 137 Å². The van der Waals surface area contributed by atoms with Crippen LogP contribution in [0.5, 0.6) is 5.75 Å². The molecule has 0 saturated heterocycles. The van der Waals surface area contributed by atoms with Crippen LogP contribution >= 0.6 is 22.9 Å². The van der Waals surface area contributed by atoms with Crippen molar-refractivity contribution in [1.82, 2.24) is 25.5 Å². The first-order valence-corrected chi connectivity index (χ1v) is 23.7. The first kappa shape index (κ1) is 56.9. The number of ether oxygens (including phenoxy) is 4. The molecule has 1 aliphatic rings. The molecule has 0 bridgehead atoms. The van der Waals surface area contributed by atoms with E-state index < -0.39 is 23.0 Å². The molecule has 5 N–H and O–H groups in total. The fraction of sp³-hybridized carbons (Fsp3) is 0.479. The molecule has 372 valence electrons. The van der Waals surface area contributed by atoms with Crippen molar-refractivity contribution < 1.29 is 52.4 Å². The molecule has 17 nitrogen and oxygen atoms in total. The summed E-state index contributed by atoms with van der Waals surface area (Å²) in [5, 5.41) is 23.3. The SMILES string of the molecule is CNC(=O)C(CCC=O)N(C)Cc1c(C=O)cccc1NC.O=CCOCCOCCOCCOCCNC(=O)C1(Cc2cccc(Nc3nccs3)n2)CCCCC1.Oc1cccc(Cl)c1F. The zero-order valence-electron chi connectivity index (χ0n) is 39.0. The molecule has 0 aliphatic heterocycles. The van der Waals surface area contributed by atoms with Gasteiger partial charge in [0.1, 0.15) is 31.3 Å². The molecule has 1 saturated carbocycles. The van der Waals surface area contributed by atoms with Crippen LogP contribution < -0.4 is 21.3 Å². The molecule has 1 atom stereocenters. The van der Waals surface area contributed by atoms with Gasteiger partial charge in [0.15, 0.2) is 16.7 Å². The molecule has 1 unspecified atom stereocenters. The molecule has 1 aliphatic carbocycles. The van der Waals surface area contributed by atoms with Crippen LogP contribution in [0.15, 0.2) is 66.2 Å². The quantitative estimate of drug-likeness (QED) is 0.0307. The molecule has 1 fully saturated rings. The Bertz CT molecular complexity index is 2080. The number of nitrogens with one attached hydrogen (secondary N) is 4. The highest BCUT2D eigenvalue weighted by molar-refractivity contribution is 7.13. The summed E-state index contributed by atoms with van der Waals surface area (Å²) < 4.78 is 33.7. The van der Waals surface area contributed by atoms with E-state index in [-0.39, 0.29) is 23.4 Å². The van der Waals surface area contributed by atoms with E-state index in [9.17, 15) is 28.4 Å². The minimum Gasteiger partial charge on any atom is -0.505 e. The van der Waals surface area contributed by atoms with Crippen molar-refractivity contribution in [2.24, 2.45) is 5.41 Å². The molecule has 2 amide bonds. The van der Waals surface area contributed by atoms with Gasteiger partial charge < -0.3 is 54.9 Å². The molecule has 2 heterocycles. The highest BCUT2D eigenvalue weighted by atomic mass is 35.5. The molecule has 2 aromatic heterocycles. The van der Waals surface area contributed by atoms with Crippen LogP contribution in [0.2, 0.25) is 5.02 Å². The second kappa shape index (κ2) is 33.1. The number of pyridine rings is 1. The van der Waals surface area contributed by atoms with E-state index in [1.165, 1.54) is 29.5 Å². The van der Waals surface area contributed by atoms with Crippen LogP contribution in [-0.2, 0) is 51.1 Å². The normalized spacial score (nSPS) is 13.1. The van der Waals surface area contributed by atoms with Crippen LogP contribution in [0.4, 0.5) is 21.0 Å². The van der Waals surface area contributed by atoms with Gasteiger partial charge in [-0.15, -0.1) is 11.3 Å². The van der Waals surface area contributed by atoms with Gasteiger partial charge in [0, 0.05) is 68.5 Å². The van der Waals surface area contributed by atoms with Crippen molar-refractivity contribution in [2.75, 3.05) is 91.2 Å². The minimum atomic E-state index is -0.765. The van der Waals surface area contributed by atoms with E-state index in [1.807, 2.05) is 47.7 Å². The van der Waals surface area contributed by atoms with Crippen molar-refractivity contribution in [2.45, 2.75) is 64.0 Å². The Morgan fingerprint density at radius 1 is 0.912 bits per heavy atom. The number of aromatic hydroxyl groups is 1. The van der Waals surface area contributed by atoms with E-state index in [1.54, 1.807) is 26.4 Å². The lowest BCUT2D eigenvalue weighted by Crippen LogP contribution is -2.45. The zero-order valence-corrected chi connectivity index (χ0v) is 40.6. The number of carbonyl (C=O) groups excluding carboxylic acids is 5. The number of thiazole rings is 1. The molecule has 20 heteroatoms. The Kier molecular flexibility index (Phi) is 27.7. The fourth-order valence-electron chi connectivity index (χ4n) is 7.24. The Balaban J connectivity index is 0.000000331. The number of likely N-dealkylation sites (N-methyl/N-ethyl adjacent to an activating group) is 2. The average molecular weight is 987 g/mol. The fourth-order valence-corrected chi connectivity index (χ4v) is 7.94. The number of hydrogen-bond donors (Lipinski definition) is 5. The number of halogens is 2. The number of phenolic OH excluding ortho intramolecular Hbond substituents is 1. The first-order chi connectivity index (χ1) is 33.0. The number of anilines is 3. The Morgan fingerprint density at radius 3 is 2.19 bits per heavy atom. The molecular formula is C48H65ClFN7O10S. The monoisotopic (exact) mass is 985 g/mol. The van der Waals surface area contributed by atoms with Crippen molar-refractivity contribution in [3.05, 3.63) is 93.8 Å². The summed E-state index contributed by atoms with van der Waals surface area (Å²) in [6.45, 7) is 4.07. The number of nitrogens with zero attached hydrogens (tertiary/aromatic N) is 3. The standard InChI is InChI=1S/C26H38N4O6S.C16H23N3O3.C6H4ClFO/c31-11-13-34-15-17-36-19-18-35-16-14-33-12-9-27-24(32)26(7-2-1-3-8-26)21-22-5-4-6-23(29-22)30-25-28-10-20-37-25;1-17-14-7-4-6-12(11-21)13(14)10-19(3)15(8-5-9-20)16(22)18-2;7-4-2-1-3-5(9)6(4)8/h4-6,10-11,20H,1-3,7-9,12-19,21H2,(H,27,32)(H,28,29,30);4,6-7,9,11,15,17H,5,8,10H2,1-3H3,(H,18,22);1-3,9H. The number of rotatable bonds is 28. The third-order valence-corrected chi connectivity index (χ3v) is 11.7. The number of aromatic nitrogens is 2. The second-order valence-corrected chi connectivity index (χ2v) is 16.7. The molecule has 4 aromatic rings. The van der Waals surface area contributed by atoms with E-state index in [0.717, 1.165) is 72.6 Å². The number of hydrogen-bond acceptors (Lipinski definition) is 16. The van der Waals surface area contributed by atoms with Gasteiger partial charge >= 0.3 is 0 Å². The lowest BCUT2D eigenvalue weighted by atomic mass is 9.70. The average Bonchev–Trinajstić information content (AvgIpc) is 3.87. The van der Waals surface area contributed by atoms with Gasteiger partial charge in [0.05, 0.1) is 62.7 Å². The third kappa shape index (κ3) is 20.4. The predicted molar refractivity (Wildman–Crippen MR) is 260 cm³/mol. The van der Waals surface area contributed by atoms with E-state index >= 15 is 0 Å². The maximum Gasteiger partial charge on any atom is 0.237 e. The van der Waals surface area contributed by atoms with Crippen LogP contribution in [0.25, 0.3) is 0 Å². The second-order valence-electron chi connectivity index (χ2n) is 15.4. The summed E-state index contributed by atoms with van der Waals surface area (Å²) in [5.74, 6) is -0.494. The van der Waals surface area contributed by atoms with Gasteiger partial charge in [-0.25, -0.2) is 14.4 Å². The number of aldehydes is 3. The van der Waals surface area contributed by atoms with Crippen LogP contribution in [0.1, 0.15) is 66.6 Å². The lowest BCUT2D eigenvalue weighted by Gasteiger charge is -2.35. The van der Waals surface area contributed by atoms with E-state index in [0.29, 0.717) is 90.4 Å². The highest BCUT2D eigenvalue weighted by Gasteiger charge is 2.39. The largest absolute Gasteiger partial charge is 0.505 e. The van der Waals surface area contributed by atoms with E-state index in [2.05, 4.69) is 26.3 Å². The number of carbonyl (C=O) groups is 5. The van der Waals surface area contributed by atoms with Crippen molar-refractivity contribution >= 4 is 70.2 Å². The maximum atomic E-state index is 13.3. The molecule has 68 heavy (non-hydrogen) atoms. The summed E-state index contributed by atoms with van der Waals surface area (Å²) in [6.07, 6.45) is 10.5. The maximum absolute atomic E-state index is 13.3. The highest BCUT2D eigenvalue weighted by Crippen LogP contribution is 2.39. The van der Waals surface area contributed by atoms with Crippen LogP contribution in [0.3, 0.4) is 0 Å². The summed E-state index contributed by atoms with van der Waals surface area (Å²) in [5.41, 5.74) is 2.74. The topological polar surface area (TPSA) is 220 Å². The summed E-state index contributed by atoms with van der Waals surface area (Å²) in [6, 6.07) is 15.0. The van der Waals surface area contributed by atoms with Gasteiger partial charge in [-0.1, -0.05) is 55.1 Å². The number of phenols is 1. The molecule has 0 spiro atoms. The van der Waals surface area contributed by atoms with Crippen LogP contribution in [0, 0.1) is 11.2 Å². The van der Waals surface area contributed by atoms with Crippen molar-refractivity contribution in [1.29, 1.82) is 0 Å². The number of benzene rings is 2. The van der Waals surface area contributed by atoms with Gasteiger partial charge in [0.25, 0.3) is 0 Å². The summed E-state index contributed by atoms with van der Waals surface area (Å²) in [7, 11) is 5.17. The smallest absolute Gasteiger partial charge is 0.237 e. The van der Waals surface area contributed by atoms with Gasteiger partial charge in [0.2, 0.25) is 11.8 Å². The molecule has 5 rings (SSSR count). The van der Waals surface area contributed by atoms with Gasteiger partial charge in [-0.2, -0.15) is 0 Å². The predicted octanol–water partition coefficient (Wildman–Crippen LogP) is 6.41. The minimum absolute atomic E-state index is 0.0602. The Hall–Kier alpha value is -5.41. The Morgan fingerprint density at radius 2 is 1.59 bits per heavy atom. The summed E-state index contributed by atoms with van der Waals surface area (Å²) >= 11 is 6.80. The molecule has 0 radical (unpaired) electrons. The zero-order chi connectivity index (χ0) is 49.4. The van der Waals surface area contributed by atoms with Gasteiger partial charge in [-0.3, -0.25) is 19.3 Å². The van der Waals surface area contributed by atoms with Crippen molar-refractivity contribution in [3.8, 4) is 5.75 Å². The van der Waals surface area contributed by atoms with E-state index in [4.69, 9.17) is 40.6 Å².